The molecule has 140 valence electrons. The highest BCUT2D eigenvalue weighted by Gasteiger charge is 2.32. The zero-order valence-electron chi connectivity index (χ0n) is 15.3. The van der Waals surface area contributed by atoms with Crippen LogP contribution < -0.4 is 14.8 Å². The zero-order chi connectivity index (χ0) is 18.5. The summed E-state index contributed by atoms with van der Waals surface area (Å²) in [5.74, 6) is 3.32. The Balaban J connectivity index is 1.31. The van der Waals surface area contributed by atoms with Crippen LogP contribution in [0.25, 0.3) is 0 Å². The monoisotopic (exact) mass is 365 g/mol. The summed E-state index contributed by atoms with van der Waals surface area (Å²) in [5, 5.41) is 7.56. The van der Waals surface area contributed by atoms with E-state index in [0.717, 1.165) is 11.5 Å². The van der Waals surface area contributed by atoms with Gasteiger partial charge in [-0.3, -0.25) is 0 Å². The van der Waals surface area contributed by atoms with Crippen molar-refractivity contribution in [2.24, 2.45) is 5.92 Å². The average molecular weight is 365 g/mol. The van der Waals surface area contributed by atoms with Crippen molar-refractivity contribution in [2.75, 3.05) is 7.11 Å². The topological polar surface area (TPSA) is 69.4 Å². The summed E-state index contributed by atoms with van der Waals surface area (Å²) < 4.78 is 16.2. The maximum atomic E-state index is 5.69. The summed E-state index contributed by atoms with van der Waals surface area (Å²) in [4.78, 5) is 4.41. The minimum atomic E-state index is 0.264. The summed E-state index contributed by atoms with van der Waals surface area (Å²) in [6, 6.07) is 18.3. The van der Waals surface area contributed by atoms with E-state index in [4.69, 9.17) is 14.0 Å². The van der Waals surface area contributed by atoms with Gasteiger partial charge in [-0.15, -0.1) is 0 Å². The van der Waals surface area contributed by atoms with Crippen LogP contribution in [0.15, 0.2) is 59.1 Å². The Morgan fingerprint density at radius 2 is 1.81 bits per heavy atom. The lowest BCUT2D eigenvalue weighted by Gasteiger charge is -2.17. The van der Waals surface area contributed by atoms with Crippen LogP contribution in [0.1, 0.15) is 36.2 Å². The largest absolute Gasteiger partial charge is 0.497 e. The predicted molar refractivity (Wildman–Crippen MR) is 100 cm³/mol. The maximum absolute atomic E-state index is 5.69. The van der Waals surface area contributed by atoms with E-state index < -0.39 is 0 Å². The van der Waals surface area contributed by atoms with Crippen LogP contribution in [-0.2, 0) is 13.2 Å². The van der Waals surface area contributed by atoms with Crippen LogP contribution in [0.5, 0.6) is 11.5 Å². The van der Waals surface area contributed by atoms with Crippen LogP contribution >= 0.6 is 0 Å². The molecule has 6 nitrogen and oxygen atoms in total. The molecular formula is C21H23N3O3. The zero-order valence-corrected chi connectivity index (χ0v) is 15.3. The normalized spacial score (nSPS) is 14.7. The van der Waals surface area contributed by atoms with E-state index in [2.05, 4.69) is 39.7 Å². The second kappa shape index (κ2) is 8.22. The van der Waals surface area contributed by atoms with Gasteiger partial charge in [0, 0.05) is 6.04 Å². The van der Waals surface area contributed by atoms with Crippen LogP contribution in [0, 0.1) is 5.92 Å². The number of rotatable bonds is 9. The average Bonchev–Trinajstić information content (AvgIpc) is 3.46. The number of ether oxygens (including phenoxy) is 2. The Bertz CT molecular complexity index is 845. The highest BCUT2D eigenvalue weighted by Crippen LogP contribution is 2.41. The maximum Gasteiger partial charge on any atom is 0.240 e. The molecule has 0 bridgehead atoms. The van der Waals surface area contributed by atoms with Gasteiger partial charge in [0.2, 0.25) is 11.7 Å². The van der Waals surface area contributed by atoms with Gasteiger partial charge in [-0.1, -0.05) is 35.5 Å². The van der Waals surface area contributed by atoms with Gasteiger partial charge in [-0.05, 0) is 48.6 Å². The van der Waals surface area contributed by atoms with Gasteiger partial charge in [0.1, 0.15) is 11.5 Å². The van der Waals surface area contributed by atoms with Crippen LogP contribution in [-0.4, -0.2) is 17.3 Å². The first-order valence-electron chi connectivity index (χ1n) is 9.18. The van der Waals surface area contributed by atoms with E-state index in [1.807, 2.05) is 30.3 Å². The van der Waals surface area contributed by atoms with Crippen molar-refractivity contribution in [3.8, 4) is 11.5 Å². The lowest BCUT2D eigenvalue weighted by molar-refractivity contribution is 0.283. The molecule has 1 fully saturated rings. The Morgan fingerprint density at radius 3 is 2.52 bits per heavy atom. The molecule has 1 N–H and O–H groups in total. The third kappa shape index (κ3) is 4.65. The fraction of sp³-hybridized carbons (Fsp3) is 0.333. The first-order valence-corrected chi connectivity index (χ1v) is 9.18. The van der Waals surface area contributed by atoms with E-state index >= 15 is 0 Å². The van der Waals surface area contributed by atoms with Gasteiger partial charge in [0.25, 0.3) is 0 Å². The van der Waals surface area contributed by atoms with E-state index in [1.54, 1.807) is 7.11 Å². The molecular weight excluding hydrogens is 342 g/mol. The van der Waals surface area contributed by atoms with Crippen molar-refractivity contribution < 1.29 is 14.0 Å². The van der Waals surface area contributed by atoms with Gasteiger partial charge >= 0.3 is 0 Å². The Hall–Kier alpha value is -2.86. The fourth-order valence-corrected chi connectivity index (χ4v) is 3.08. The highest BCUT2D eigenvalue weighted by molar-refractivity contribution is 5.31. The summed E-state index contributed by atoms with van der Waals surface area (Å²) in [6.45, 7) is 0.812. The number of methoxy groups -OCH3 is 1. The molecule has 0 spiro atoms. The number of nitrogens with zero attached hydrogens (tertiary/aromatic N) is 2. The van der Waals surface area contributed by atoms with E-state index in [9.17, 15) is 0 Å². The van der Waals surface area contributed by atoms with Crippen LogP contribution in [0.3, 0.4) is 0 Å². The van der Waals surface area contributed by atoms with Crippen LogP contribution in [0.4, 0.5) is 0 Å². The van der Waals surface area contributed by atoms with Gasteiger partial charge in [-0.25, -0.2) is 0 Å². The molecule has 1 atom stereocenters. The number of hydrogen-bond donors (Lipinski definition) is 1. The first kappa shape index (κ1) is 17.5. The summed E-state index contributed by atoms with van der Waals surface area (Å²) in [7, 11) is 1.64. The lowest BCUT2D eigenvalue weighted by atomic mass is 10.0. The summed E-state index contributed by atoms with van der Waals surface area (Å²) in [5.41, 5.74) is 1.31. The number of benzene rings is 2. The van der Waals surface area contributed by atoms with Gasteiger partial charge in [0.05, 0.1) is 13.7 Å². The third-order valence-corrected chi connectivity index (χ3v) is 4.66. The highest BCUT2D eigenvalue weighted by atomic mass is 16.5. The Labute approximate surface area is 158 Å². The fourth-order valence-electron chi connectivity index (χ4n) is 3.08. The molecule has 27 heavy (non-hydrogen) atoms. The number of hydrogen-bond acceptors (Lipinski definition) is 6. The van der Waals surface area contributed by atoms with Gasteiger partial charge in [-0.2, -0.15) is 4.98 Å². The van der Waals surface area contributed by atoms with Crippen LogP contribution in [0.2, 0.25) is 0 Å². The molecule has 1 aromatic heterocycles. The molecule has 4 rings (SSSR count). The van der Waals surface area contributed by atoms with Gasteiger partial charge in [0.15, 0.2) is 6.61 Å². The summed E-state index contributed by atoms with van der Waals surface area (Å²) in [6.07, 6.45) is 2.52. The molecule has 0 amide bonds. The molecule has 0 unspecified atom stereocenters. The van der Waals surface area contributed by atoms with E-state index in [1.165, 1.54) is 18.4 Å². The molecule has 1 aliphatic rings. The SMILES string of the molecule is COc1ccc(OCc2noc(CN[C@H](c3ccccc3)C3CC3)n2)cc1. The standard InChI is InChI=1S/C21H23N3O3/c1-25-17-9-11-18(12-10-17)26-14-19-23-20(27-24-19)13-22-21(16-7-8-16)15-5-3-2-4-6-15/h2-6,9-12,16,21-22H,7-8,13-14H2,1H3/t21-/m1/s1. The minimum absolute atomic E-state index is 0.264. The van der Waals surface area contributed by atoms with Gasteiger partial charge < -0.3 is 19.3 Å². The lowest BCUT2D eigenvalue weighted by Crippen LogP contribution is -2.22. The van der Waals surface area contributed by atoms with Crippen molar-refractivity contribution in [1.82, 2.24) is 15.5 Å². The molecule has 0 saturated heterocycles. The Morgan fingerprint density at radius 1 is 1.07 bits per heavy atom. The van der Waals surface area contributed by atoms with Crippen molar-refractivity contribution in [1.29, 1.82) is 0 Å². The molecule has 2 aromatic carbocycles. The van der Waals surface area contributed by atoms with Crippen molar-refractivity contribution in [3.05, 3.63) is 71.9 Å². The molecule has 6 heteroatoms. The molecule has 1 aliphatic carbocycles. The number of aromatic nitrogens is 2. The van der Waals surface area contributed by atoms with Crippen molar-refractivity contribution >= 4 is 0 Å². The number of nitrogens with one attached hydrogen (secondary N) is 1. The molecule has 0 aliphatic heterocycles. The molecule has 3 aromatic rings. The van der Waals surface area contributed by atoms with Crippen molar-refractivity contribution in [3.63, 3.8) is 0 Å². The van der Waals surface area contributed by atoms with E-state index in [0.29, 0.717) is 30.2 Å². The quantitative estimate of drug-likeness (QED) is 0.620. The smallest absolute Gasteiger partial charge is 0.240 e. The minimum Gasteiger partial charge on any atom is -0.497 e. The van der Waals surface area contributed by atoms with Crippen molar-refractivity contribution in [2.45, 2.75) is 32.0 Å². The first-order chi connectivity index (χ1) is 13.3. The predicted octanol–water partition coefficient (Wildman–Crippen LogP) is 3.90. The second-order valence-corrected chi connectivity index (χ2v) is 6.68. The van der Waals surface area contributed by atoms with E-state index in [-0.39, 0.29) is 6.61 Å². The molecule has 1 saturated carbocycles. The molecule has 0 radical (unpaired) electrons. The third-order valence-electron chi connectivity index (χ3n) is 4.66. The molecule has 1 heterocycles. The summed E-state index contributed by atoms with van der Waals surface area (Å²) >= 11 is 0. The Kier molecular flexibility index (Phi) is 5.34. The second-order valence-electron chi connectivity index (χ2n) is 6.68.